The molecule has 0 unspecified atom stereocenters. The van der Waals surface area contributed by atoms with Crippen molar-refractivity contribution in [2.45, 2.75) is 46.2 Å². The molecule has 2 aromatic carbocycles. The molecule has 0 saturated carbocycles. The molecule has 1 saturated heterocycles. The average Bonchev–Trinajstić information content (AvgIpc) is 3.23. The molecule has 7 heteroatoms. The van der Waals surface area contributed by atoms with Gasteiger partial charge in [-0.2, -0.15) is 0 Å². The van der Waals surface area contributed by atoms with Gasteiger partial charge in [0.25, 0.3) is 0 Å². The molecule has 4 rings (SSSR count). The van der Waals surface area contributed by atoms with E-state index in [0.29, 0.717) is 6.54 Å². The zero-order chi connectivity index (χ0) is 21.8. The van der Waals surface area contributed by atoms with E-state index in [-0.39, 0.29) is 11.9 Å². The fourth-order valence-corrected chi connectivity index (χ4v) is 4.60. The van der Waals surface area contributed by atoms with Crippen LogP contribution in [0.2, 0.25) is 0 Å². The summed E-state index contributed by atoms with van der Waals surface area (Å²) >= 11 is 0. The van der Waals surface area contributed by atoms with Crippen LogP contribution < -0.4 is 9.80 Å². The van der Waals surface area contributed by atoms with E-state index in [2.05, 4.69) is 59.4 Å². The largest absolute Gasteiger partial charge is 0.360 e. The van der Waals surface area contributed by atoms with Gasteiger partial charge in [-0.05, 0) is 59.2 Å². The van der Waals surface area contributed by atoms with Gasteiger partial charge in [-0.1, -0.05) is 37.6 Å². The molecule has 0 amide bonds. The maximum Gasteiger partial charge on any atom is 0.209 e. The first-order valence-electron chi connectivity index (χ1n) is 11.2. The molecule has 3 aromatic rings. The summed E-state index contributed by atoms with van der Waals surface area (Å²) in [5.41, 5.74) is 5.07. The summed E-state index contributed by atoms with van der Waals surface area (Å²) in [4.78, 5) is 4.05. The molecular weight excluding hydrogens is 391 g/mol. The van der Waals surface area contributed by atoms with Crippen LogP contribution in [0.15, 0.2) is 42.5 Å². The monoisotopic (exact) mass is 423 g/mol. The quantitative estimate of drug-likeness (QED) is 0.635. The second-order valence-corrected chi connectivity index (χ2v) is 8.53. The number of rotatable bonds is 7. The number of hydrogen-bond donors (Lipinski definition) is 1. The minimum absolute atomic E-state index is 0.226. The van der Waals surface area contributed by atoms with Crippen LogP contribution in [0.1, 0.15) is 48.3 Å². The summed E-state index contributed by atoms with van der Waals surface area (Å²) < 4.78 is 15.1. The Morgan fingerprint density at radius 2 is 1.81 bits per heavy atom. The number of benzene rings is 2. The second-order valence-electron chi connectivity index (χ2n) is 8.53. The van der Waals surface area contributed by atoms with Crippen molar-refractivity contribution >= 4 is 5.69 Å². The van der Waals surface area contributed by atoms with Gasteiger partial charge in [0.2, 0.25) is 5.82 Å². The standard InChI is InChI=1S/C24H31FN6/c1-4-6-23(24-26-27-28-31(24)17-20-9-11-21(25)12-10-20)30-15-13-29(14-16-30)22-8-5-7-18(2)19(22)3/h5,7-12,23H,4,6,13-17H2,1-3H3/p+1/t23-/m0/s1. The van der Waals surface area contributed by atoms with Crippen LogP contribution in [0.4, 0.5) is 10.1 Å². The smallest absolute Gasteiger partial charge is 0.209 e. The normalized spacial score (nSPS) is 15.9. The van der Waals surface area contributed by atoms with Gasteiger partial charge < -0.3 is 9.80 Å². The van der Waals surface area contributed by atoms with Gasteiger partial charge in [-0.25, -0.2) is 9.07 Å². The van der Waals surface area contributed by atoms with E-state index in [0.717, 1.165) is 50.4 Å². The highest BCUT2D eigenvalue weighted by molar-refractivity contribution is 5.56. The zero-order valence-corrected chi connectivity index (χ0v) is 18.7. The van der Waals surface area contributed by atoms with Gasteiger partial charge in [0.05, 0.1) is 32.7 Å². The molecule has 31 heavy (non-hydrogen) atoms. The summed E-state index contributed by atoms with van der Waals surface area (Å²) in [6, 6.07) is 13.4. The number of quaternary nitrogens is 1. The third kappa shape index (κ3) is 4.77. The molecule has 1 fully saturated rings. The molecule has 1 aromatic heterocycles. The Hall–Kier alpha value is -2.80. The fourth-order valence-electron chi connectivity index (χ4n) is 4.60. The molecule has 0 radical (unpaired) electrons. The van der Waals surface area contributed by atoms with E-state index in [1.165, 1.54) is 28.9 Å². The average molecular weight is 424 g/mol. The Morgan fingerprint density at radius 1 is 1.06 bits per heavy atom. The van der Waals surface area contributed by atoms with Crippen LogP contribution >= 0.6 is 0 Å². The SMILES string of the molecule is CCC[C@@H](c1nnnn1Cc1ccc(F)cc1)[NH+]1CCN(c2cccc(C)c2C)CC1. The molecule has 0 aliphatic carbocycles. The molecule has 164 valence electrons. The van der Waals surface area contributed by atoms with Crippen LogP contribution in [0.25, 0.3) is 0 Å². The van der Waals surface area contributed by atoms with Crippen LogP contribution in [0, 0.1) is 19.7 Å². The van der Waals surface area contributed by atoms with Gasteiger partial charge in [0.1, 0.15) is 11.9 Å². The molecule has 1 atom stereocenters. The van der Waals surface area contributed by atoms with Crippen LogP contribution in [-0.4, -0.2) is 46.4 Å². The first kappa shape index (κ1) is 21.4. The summed E-state index contributed by atoms with van der Waals surface area (Å²) in [7, 11) is 0. The van der Waals surface area contributed by atoms with E-state index in [1.54, 1.807) is 17.0 Å². The third-order valence-electron chi connectivity index (χ3n) is 6.51. The molecule has 1 N–H and O–H groups in total. The van der Waals surface area contributed by atoms with E-state index in [1.807, 2.05) is 4.68 Å². The highest BCUT2D eigenvalue weighted by atomic mass is 19.1. The molecular formula is C24H32FN6+. The van der Waals surface area contributed by atoms with E-state index in [4.69, 9.17) is 0 Å². The van der Waals surface area contributed by atoms with Gasteiger partial charge in [-0.15, -0.1) is 5.10 Å². The van der Waals surface area contributed by atoms with Crippen molar-refractivity contribution in [2.24, 2.45) is 0 Å². The maximum absolute atomic E-state index is 13.3. The van der Waals surface area contributed by atoms with E-state index >= 15 is 0 Å². The molecule has 0 spiro atoms. The molecule has 1 aliphatic rings. The number of aryl methyl sites for hydroxylation is 1. The van der Waals surface area contributed by atoms with Crippen molar-refractivity contribution in [1.29, 1.82) is 0 Å². The van der Waals surface area contributed by atoms with Gasteiger partial charge in [-0.3, -0.25) is 0 Å². The van der Waals surface area contributed by atoms with Gasteiger partial charge in [0, 0.05) is 12.1 Å². The van der Waals surface area contributed by atoms with Crippen molar-refractivity contribution in [1.82, 2.24) is 20.2 Å². The number of halogens is 1. The van der Waals surface area contributed by atoms with Crippen molar-refractivity contribution in [2.75, 3.05) is 31.1 Å². The van der Waals surface area contributed by atoms with E-state index in [9.17, 15) is 4.39 Å². The number of hydrogen-bond acceptors (Lipinski definition) is 4. The Kier molecular flexibility index (Phi) is 6.61. The zero-order valence-electron chi connectivity index (χ0n) is 18.7. The van der Waals surface area contributed by atoms with Crippen LogP contribution in [-0.2, 0) is 6.54 Å². The number of piperazine rings is 1. The lowest BCUT2D eigenvalue weighted by Crippen LogP contribution is -3.15. The predicted octanol–water partition coefficient (Wildman–Crippen LogP) is 2.72. The number of tetrazole rings is 1. The summed E-state index contributed by atoms with van der Waals surface area (Å²) in [5.74, 6) is 0.706. The Morgan fingerprint density at radius 3 is 2.52 bits per heavy atom. The second kappa shape index (κ2) is 9.56. The predicted molar refractivity (Wildman–Crippen MR) is 120 cm³/mol. The van der Waals surface area contributed by atoms with Crippen molar-refractivity contribution in [3.63, 3.8) is 0 Å². The Bertz CT molecular complexity index is 992. The Balaban J connectivity index is 1.48. The Labute approximate surface area is 183 Å². The maximum atomic E-state index is 13.3. The molecule has 2 heterocycles. The number of nitrogens with zero attached hydrogens (tertiary/aromatic N) is 5. The number of anilines is 1. The highest BCUT2D eigenvalue weighted by Gasteiger charge is 2.32. The lowest BCUT2D eigenvalue weighted by molar-refractivity contribution is -0.933. The van der Waals surface area contributed by atoms with Crippen molar-refractivity contribution in [3.8, 4) is 0 Å². The van der Waals surface area contributed by atoms with Gasteiger partial charge in [0.15, 0.2) is 0 Å². The van der Waals surface area contributed by atoms with Crippen molar-refractivity contribution < 1.29 is 9.29 Å². The lowest BCUT2D eigenvalue weighted by Gasteiger charge is -2.37. The summed E-state index contributed by atoms with van der Waals surface area (Å²) in [5, 5.41) is 12.7. The number of nitrogens with one attached hydrogen (secondary N) is 1. The van der Waals surface area contributed by atoms with E-state index < -0.39 is 0 Å². The molecule has 6 nitrogen and oxygen atoms in total. The van der Waals surface area contributed by atoms with Gasteiger partial charge >= 0.3 is 0 Å². The first-order chi connectivity index (χ1) is 15.1. The molecule has 0 bridgehead atoms. The topological polar surface area (TPSA) is 51.3 Å². The van der Waals surface area contributed by atoms with Crippen molar-refractivity contribution in [3.05, 3.63) is 70.8 Å². The highest BCUT2D eigenvalue weighted by Crippen LogP contribution is 2.23. The lowest BCUT2D eigenvalue weighted by atomic mass is 10.1. The molecule has 1 aliphatic heterocycles. The minimum atomic E-state index is -0.226. The third-order valence-corrected chi connectivity index (χ3v) is 6.51. The summed E-state index contributed by atoms with van der Waals surface area (Å²) in [6.45, 7) is 11.3. The number of aromatic nitrogens is 4. The fraction of sp³-hybridized carbons (Fsp3) is 0.458. The summed E-state index contributed by atoms with van der Waals surface area (Å²) in [6.07, 6.45) is 2.13. The first-order valence-corrected chi connectivity index (χ1v) is 11.2. The van der Waals surface area contributed by atoms with Crippen LogP contribution in [0.3, 0.4) is 0 Å². The van der Waals surface area contributed by atoms with Crippen LogP contribution in [0.5, 0.6) is 0 Å². The minimum Gasteiger partial charge on any atom is -0.360 e.